The number of benzene rings is 6. The van der Waals surface area contributed by atoms with Gasteiger partial charge in [0, 0.05) is 106 Å². The van der Waals surface area contributed by atoms with E-state index in [1.165, 1.54) is 14.7 Å². The predicted molar refractivity (Wildman–Crippen MR) is 493 cm³/mol. The second-order valence-corrected chi connectivity index (χ2v) is 32.9. The van der Waals surface area contributed by atoms with E-state index in [1.54, 1.807) is 81.1 Å². The fourth-order valence-corrected chi connectivity index (χ4v) is 15.6. The molecule has 3 aliphatic carbocycles. The Morgan fingerprint density at radius 2 is 0.806 bits per heavy atom. The minimum Gasteiger partial charge on any atom is -0.497 e. The molecular weight excluding hydrogens is 1720 g/mol. The summed E-state index contributed by atoms with van der Waals surface area (Å²) in [5, 5.41) is 17.8. The number of esters is 3. The highest BCUT2D eigenvalue weighted by Gasteiger charge is 2.63. The van der Waals surface area contributed by atoms with Crippen molar-refractivity contribution < 1.29 is 95.6 Å². The number of hydrogen-bond acceptors (Lipinski definition) is 23. The first kappa shape index (κ1) is 98.7. The average Bonchev–Trinajstić information content (AvgIpc) is 1.58. The number of nitrogens with two attached hydrogens (primary N) is 1. The molecule has 4 unspecified atom stereocenters. The first-order valence-corrected chi connectivity index (χ1v) is 42.8. The number of likely N-dealkylation sites (tertiary alicyclic amines) is 3. The summed E-state index contributed by atoms with van der Waals surface area (Å²) in [7, 11) is 16.1. The number of carboxylic acids is 1. The summed E-state index contributed by atoms with van der Waals surface area (Å²) in [4.78, 5) is 131. The van der Waals surface area contributed by atoms with Crippen LogP contribution in [0.2, 0.25) is 0 Å². The molecule has 5 amide bonds. The number of nitrogens with zero attached hydrogens (tertiary/aromatic N) is 6. The predicted octanol–water partition coefficient (Wildman–Crippen LogP) is 14.3. The number of aromatic nitrogens is 3. The lowest BCUT2D eigenvalue weighted by Gasteiger charge is -2.26. The van der Waals surface area contributed by atoms with Crippen molar-refractivity contribution in [2.24, 2.45) is 23.5 Å². The van der Waals surface area contributed by atoms with Crippen molar-refractivity contribution in [1.29, 1.82) is 0 Å². The minimum atomic E-state index is -1.18. The Balaban J connectivity index is 0.000000187. The van der Waals surface area contributed by atoms with Crippen molar-refractivity contribution in [3.05, 3.63) is 202 Å². The molecule has 15 rings (SSSR count). The van der Waals surface area contributed by atoms with Crippen LogP contribution in [0, 0.1) is 17.8 Å². The third kappa shape index (κ3) is 23.5. The van der Waals surface area contributed by atoms with E-state index >= 15 is 0 Å². The molecule has 6 fully saturated rings. The number of carboxylic acid groups (broad SMARTS) is 1. The number of ether oxygens (including phenoxy) is 10. The average molecular weight is 1820 g/mol. The number of amides is 5. The molecule has 3 saturated heterocycles. The van der Waals surface area contributed by atoms with Crippen LogP contribution in [-0.2, 0) is 47.7 Å². The highest BCUT2D eigenvalue weighted by atomic mass is 35.5. The van der Waals surface area contributed by atoms with E-state index in [4.69, 9.17) is 107 Å². The molecule has 0 bridgehead atoms. The van der Waals surface area contributed by atoms with Gasteiger partial charge in [-0.3, -0.25) is 28.9 Å². The molecule has 3 aromatic heterocycles. The lowest BCUT2D eigenvalue weighted by molar-refractivity contribution is -0.150. The van der Waals surface area contributed by atoms with Crippen molar-refractivity contribution in [3.8, 4) is 68.3 Å². The Labute approximate surface area is 767 Å². The molecule has 34 heteroatoms. The van der Waals surface area contributed by atoms with Gasteiger partial charge in [-0.25, -0.2) is 34.1 Å². The van der Waals surface area contributed by atoms with Gasteiger partial charge in [0.05, 0.1) is 99.8 Å². The monoisotopic (exact) mass is 1820 g/mol. The van der Waals surface area contributed by atoms with E-state index < -0.39 is 106 Å². The van der Waals surface area contributed by atoms with Crippen LogP contribution in [0.5, 0.6) is 34.5 Å². The van der Waals surface area contributed by atoms with Crippen molar-refractivity contribution in [1.82, 2.24) is 40.3 Å². The van der Waals surface area contributed by atoms with Gasteiger partial charge >= 0.3 is 30.0 Å². The van der Waals surface area contributed by atoms with Crippen molar-refractivity contribution in [2.75, 3.05) is 66.1 Å². The lowest BCUT2D eigenvalue weighted by atomic mass is 10.1. The third-order valence-corrected chi connectivity index (χ3v) is 22.5. The maximum atomic E-state index is 13.4. The summed E-state index contributed by atoms with van der Waals surface area (Å²) in [6, 6.07) is 48.3. The zero-order chi connectivity index (χ0) is 92.5. The number of methoxy groups -OCH3 is 3. The van der Waals surface area contributed by atoms with Crippen LogP contribution in [0.4, 0.5) is 14.4 Å². The van der Waals surface area contributed by atoms with Crippen LogP contribution in [0.25, 0.3) is 66.5 Å². The van der Waals surface area contributed by atoms with Gasteiger partial charge in [0.15, 0.2) is 11.6 Å². The van der Waals surface area contributed by atoms with Crippen molar-refractivity contribution >= 4 is 137 Å². The molecule has 9 aromatic rings. The van der Waals surface area contributed by atoms with Gasteiger partial charge in [0.2, 0.25) is 27.5 Å². The summed E-state index contributed by atoms with van der Waals surface area (Å²) in [5.41, 5.74) is 8.74. The van der Waals surface area contributed by atoms with Crippen molar-refractivity contribution in [2.45, 2.75) is 139 Å². The van der Waals surface area contributed by atoms with Gasteiger partial charge in [-0.05, 0) is 97.2 Å². The second-order valence-electron chi connectivity index (χ2n) is 32.1. The maximum Gasteiger partial charge on any atom is 0.411 e. The first-order chi connectivity index (χ1) is 61.3. The van der Waals surface area contributed by atoms with Crippen LogP contribution in [0.15, 0.2) is 202 Å². The molecule has 5 N–H and O–H groups in total. The first-order valence-electron chi connectivity index (χ1n) is 41.7. The fourth-order valence-electron chi connectivity index (χ4n) is 15.6. The molecular formula is C95H104B2Cl3N9O20. The molecule has 6 aromatic carbocycles. The normalized spacial score (nSPS) is 22.3. The number of halogens is 3. The quantitative estimate of drug-likeness (QED) is 0.0129. The van der Waals surface area contributed by atoms with Crippen LogP contribution in [-0.4, -0.2) is 229 Å². The molecule has 3 aliphatic heterocycles. The zero-order valence-corrected chi connectivity index (χ0v) is 75.4. The summed E-state index contributed by atoms with van der Waals surface area (Å²) < 4.78 is 55.9. The molecule has 4 radical (unpaired) electrons. The van der Waals surface area contributed by atoms with Crippen LogP contribution in [0.1, 0.15) is 80.1 Å². The highest BCUT2D eigenvalue weighted by molar-refractivity contribution is 6.57. The SMILES string of the molecule is C=CC1CC1(N)C(=O)OCC.COc1ccc2c(O[C@@H]3C[C@@H](C(=O)O)N(C(=O)OC(C)(C)C)C3)cc(-c3ccccc3)nc2c1.Cl.ClCCl.[B]C(=O)N1C[C@H](Oc2cc(-c3ccccc3)nc3cc(OC)ccc23)C[C@H]1C(=O)N[C@@]1(C(=O)OCC)CC1C=C.[B]C(=O)N1C[C@H](Oc2cc(-c3ccccc3)nc3cc(OC)ccc23)C[C@H]1C(=O)N[C@]1(C(=O)OCC)CC1C=C. The Morgan fingerprint density at radius 1 is 0.488 bits per heavy atom. The van der Waals surface area contributed by atoms with Gasteiger partial charge in [-0.1, -0.05) is 109 Å². The number of pyridine rings is 3. The molecule has 0 spiro atoms. The summed E-state index contributed by atoms with van der Waals surface area (Å²) in [6.45, 7) is 22.6. The van der Waals surface area contributed by atoms with Crippen LogP contribution in [0.3, 0.4) is 0 Å². The van der Waals surface area contributed by atoms with E-state index in [0.717, 1.165) is 32.8 Å². The van der Waals surface area contributed by atoms with Gasteiger partial charge in [0.1, 0.15) is 93.2 Å². The van der Waals surface area contributed by atoms with E-state index in [9.17, 15) is 48.3 Å². The molecule has 676 valence electrons. The molecule has 3 saturated carbocycles. The summed E-state index contributed by atoms with van der Waals surface area (Å²) >= 11 is 9.53. The number of aliphatic carboxylic acids is 1. The van der Waals surface area contributed by atoms with Crippen molar-refractivity contribution in [3.63, 3.8) is 0 Å². The number of carbonyl (C=O) groups is 9. The minimum absolute atomic E-state index is 0. The number of nitrogens with one attached hydrogen (secondary N) is 2. The summed E-state index contributed by atoms with van der Waals surface area (Å²) in [6.07, 6.45) is 4.67. The van der Waals surface area contributed by atoms with E-state index in [-0.39, 0.29) is 93.6 Å². The van der Waals surface area contributed by atoms with Gasteiger partial charge in [-0.2, -0.15) is 0 Å². The molecule has 29 nitrogen and oxygen atoms in total. The van der Waals surface area contributed by atoms with E-state index in [1.807, 2.05) is 164 Å². The van der Waals surface area contributed by atoms with Gasteiger partial charge in [-0.15, -0.1) is 55.3 Å². The number of rotatable bonds is 26. The summed E-state index contributed by atoms with van der Waals surface area (Å²) in [5.74, 6) is -1.64. The number of fused-ring (bicyclic) bond motifs is 3. The topological polar surface area (TPSA) is 365 Å². The molecule has 6 aliphatic rings. The standard InChI is InChI=1S/2C30H30BN3O6.C26H28N2O6.C8H13NO2.CH2Cl2.ClH/c2*1-4-19-16-30(19,28(36)39-5-2)33-27(35)25-14-21(17-34(25)29(31)37)40-26-15-23(18-9-7-6-8-10-18)32-24-13-20(38-3)11-12-22(24)26;1-26(2,3)34-25(31)28-15-18(13-22(28)24(29)30)33-23-14-20(16-8-6-5-7-9-16)27-21-12-17(32-4)10-11-19(21)23;1-3-6-5-8(6,9)7(10)11-4-2;2-1-3;/h2*4,6-13,15,19,21,25H,1,5,14,16-17H2,2-3H3,(H,33,35);5-12,14,18,22H,13,15H2,1-4H3,(H,29,30);3,6H,1,4-5,9H2,2H3;1H2;1H/t19?,21-,25+,30+;19?,21-,25+,30-;18-,22+;;;/m111.../s1. The number of hydrogen-bond donors (Lipinski definition) is 4. The third-order valence-electron chi connectivity index (χ3n) is 22.5. The Bertz CT molecular complexity index is 5370. The molecule has 6 heterocycles. The Hall–Kier alpha value is -12.4. The van der Waals surface area contributed by atoms with Crippen LogP contribution >= 0.6 is 35.6 Å². The smallest absolute Gasteiger partial charge is 0.411 e. The molecule has 129 heavy (non-hydrogen) atoms. The lowest BCUT2D eigenvalue weighted by Crippen LogP contribution is -2.53. The molecule has 12 atom stereocenters. The second kappa shape index (κ2) is 43.6. The van der Waals surface area contributed by atoms with E-state index in [0.29, 0.717) is 94.0 Å². The largest absolute Gasteiger partial charge is 0.497 e. The number of alkyl halides is 2. The zero-order valence-electron chi connectivity index (χ0n) is 73.1. The highest BCUT2D eigenvalue weighted by Crippen LogP contribution is 2.48. The fraction of sp³-hybridized carbons (Fsp3) is 0.368. The number of carbonyl (C=O) groups excluding carboxylic acids is 8. The maximum absolute atomic E-state index is 13.4. The van der Waals surface area contributed by atoms with Crippen LogP contribution < -0.4 is 44.8 Å². The Morgan fingerprint density at radius 3 is 1.09 bits per heavy atom. The van der Waals surface area contributed by atoms with Gasteiger partial charge in [0.25, 0.3) is 0 Å². The van der Waals surface area contributed by atoms with E-state index in [2.05, 4.69) is 30.4 Å². The Kier molecular flexibility index (Phi) is 33.4. The van der Waals surface area contributed by atoms with Gasteiger partial charge < -0.3 is 78.6 Å².